The monoisotopic (exact) mass is 259 g/mol. The highest BCUT2D eigenvalue weighted by atomic mass is 35.5. The zero-order valence-electron chi connectivity index (χ0n) is 11.0. The summed E-state index contributed by atoms with van der Waals surface area (Å²) in [6, 6.07) is 12.7. The van der Waals surface area contributed by atoms with Crippen molar-refractivity contribution in [3.63, 3.8) is 0 Å². The van der Waals surface area contributed by atoms with Gasteiger partial charge in [-0.25, -0.2) is 0 Å². The number of nitrogens with one attached hydrogen (secondary N) is 1. The Bertz CT molecular complexity index is 561. The molecule has 0 spiro atoms. The van der Waals surface area contributed by atoms with E-state index in [1.54, 1.807) is 0 Å². The van der Waals surface area contributed by atoms with Gasteiger partial charge in [-0.2, -0.15) is 0 Å². The second-order valence-corrected chi connectivity index (χ2v) is 5.01. The van der Waals surface area contributed by atoms with Crippen LogP contribution in [0.1, 0.15) is 16.7 Å². The van der Waals surface area contributed by atoms with E-state index in [0.717, 1.165) is 17.1 Å². The van der Waals surface area contributed by atoms with E-state index in [-0.39, 0.29) is 0 Å². The molecule has 0 aliphatic carbocycles. The van der Waals surface area contributed by atoms with E-state index in [2.05, 4.69) is 42.6 Å². The first-order valence-corrected chi connectivity index (χ1v) is 6.51. The molecule has 0 radical (unpaired) electrons. The lowest BCUT2D eigenvalue weighted by Gasteiger charge is -2.13. The van der Waals surface area contributed by atoms with E-state index in [1.165, 1.54) is 22.3 Å². The van der Waals surface area contributed by atoms with Gasteiger partial charge in [0.1, 0.15) is 0 Å². The highest BCUT2D eigenvalue weighted by Crippen LogP contribution is 2.30. The molecule has 0 heterocycles. The third kappa shape index (κ3) is 2.58. The summed E-state index contributed by atoms with van der Waals surface area (Å²) in [5.74, 6) is 0. The molecule has 0 aromatic heterocycles. The van der Waals surface area contributed by atoms with Crippen LogP contribution in [0.25, 0.3) is 11.1 Å². The Morgan fingerprint density at radius 3 is 2.44 bits per heavy atom. The first-order valence-electron chi connectivity index (χ1n) is 6.13. The van der Waals surface area contributed by atoms with Crippen LogP contribution in [0.2, 0.25) is 5.02 Å². The molecule has 2 heteroatoms. The third-order valence-electron chi connectivity index (χ3n) is 3.18. The maximum Gasteiger partial charge on any atom is 0.0438 e. The second kappa shape index (κ2) is 5.55. The van der Waals surface area contributed by atoms with Crippen molar-refractivity contribution in [1.29, 1.82) is 0 Å². The molecular weight excluding hydrogens is 242 g/mol. The van der Waals surface area contributed by atoms with E-state index < -0.39 is 0 Å². The van der Waals surface area contributed by atoms with Gasteiger partial charge in [0.2, 0.25) is 0 Å². The number of hydrogen-bond donors (Lipinski definition) is 1. The summed E-state index contributed by atoms with van der Waals surface area (Å²) < 4.78 is 0. The zero-order valence-corrected chi connectivity index (χ0v) is 11.8. The van der Waals surface area contributed by atoms with E-state index in [9.17, 15) is 0 Å². The normalized spacial score (nSPS) is 10.7. The van der Waals surface area contributed by atoms with Gasteiger partial charge in [0.25, 0.3) is 0 Å². The number of halogens is 1. The quantitative estimate of drug-likeness (QED) is 0.865. The fourth-order valence-electron chi connectivity index (χ4n) is 2.20. The van der Waals surface area contributed by atoms with Crippen molar-refractivity contribution in [2.45, 2.75) is 20.4 Å². The molecule has 18 heavy (non-hydrogen) atoms. The summed E-state index contributed by atoms with van der Waals surface area (Å²) in [5.41, 5.74) is 6.20. The van der Waals surface area contributed by atoms with Crippen LogP contribution in [-0.4, -0.2) is 7.05 Å². The summed E-state index contributed by atoms with van der Waals surface area (Å²) in [7, 11) is 1.97. The topological polar surface area (TPSA) is 12.0 Å². The molecule has 0 aliphatic rings. The maximum atomic E-state index is 6.16. The molecule has 94 valence electrons. The van der Waals surface area contributed by atoms with Crippen molar-refractivity contribution in [2.75, 3.05) is 7.05 Å². The molecule has 0 saturated carbocycles. The second-order valence-electron chi connectivity index (χ2n) is 4.60. The zero-order chi connectivity index (χ0) is 13.1. The largest absolute Gasteiger partial charge is 0.316 e. The fourth-order valence-corrected chi connectivity index (χ4v) is 2.42. The predicted octanol–water partition coefficient (Wildman–Crippen LogP) is 4.34. The molecule has 2 aromatic carbocycles. The molecule has 2 rings (SSSR count). The molecule has 2 aromatic rings. The Morgan fingerprint density at radius 1 is 1.00 bits per heavy atom. The Kier molecular flexibility index (Phi) is 4.05. The molecular formula is C16H18ClN. The minimum atomic E-state index is 0.836. The highest BCUT2D eigenvalue weighted by Gasteiger charge is 2.08. The average molecular weight is 260 g/mol. The van der Waals surface area contributed by atoms with Gasteiger partial charge in [-0.15, -0.1) is 0 Å². The first-order chi connectivity index (χ1) is 8.63. The maximum absolute atomic E-state index is 6.16. The molecule has 0 unspecified atom stereocenters. The van der Waals surface area contributed by atoms with Crippen molar-refractivity contribution in [2.24, 2.45) is 0 Å². The number of hydrogen-bond acceptors (Lipinski definition) is 1. The van der Waals surface area contributed by atoms with Gasteiger partial charge in [-0.05, 0) is 60.8 Å². The van der Waals surface area contributed by atoms with Gasteiger partial charge in [-0.1, -0.05) is 35.9 Å². The number of benzene rings is 2. The molecule has 0 saturated heterocycles. The van der Waals surface area contributed by atoms with Crippen LogP contribution in [0.15, 0.2) is 36.4 Å². The average Bonchev–Trinajstić information content (AvgIpc) is 2.35. The third-order valence-corrected chi connectivity index (χ3v) is 3.59. The Labute approximate surface area is 114 Å². The Balaban J connectivity index is 2.58. The molecule has 0 fully saturated rings. The van der Waals surface area contributed by atoms with Gasteiger partial charge in [0.15, 0.2) is 0 Å². The van der Waals surface area contributed by atoms with E-state index in [4.69, 9.17) is 11.6 Å². The molecule has 0 aliphatic heterocycles. The van der Waals surface area contributed by atoms with Gasteiger partial charge in [0, 0.05) is 11.6 Å². The summed E-state index contributed by atoms with van der Waals surface area (Å²) in [4.78, 5) is 0. The van der Waals surface area contributed by atoms with E-state index in [1.807, 2.05) is 20.0 Å². The lowest BCUT2D eigenvalue weighted by atomic mass is 9.94. The van der Waals surface area contributed by atoms with Gasteiger partial charge in [-0.3, -0.25) is 0 Å². The fraction of sp³-hybridized carbons (Fsp3) is 0.250. The van der Waals surface area contributed by atoms with Crippen LogP contribution in [0.4, 0.5) is 0 Å². The Morgan fingerprint density at radius 2 is 1.72 bits per heavy atom. The van der Waals surface area contributed by atoms with Crippen LogP contribution in [0, 0.1) is 13.8 Å². The smallest absolute Gasteiger partial charge is 0.0438 e. The SMILES string of the molecule is CNCc1ccccc1-c1cc(C)c(Cl)cc1C. The molecule has 0 bridgehead atoms. The van der Waals surface area contributed by atoms with Gasteiger partial charge >= 0.3 is 0 Å². The predicted molar refractivity (Wildman–Crippen MR) is 79.1 cm³/mol. The highest BCUT2D eigenvalue weighted by molar-refractivity contribution is 6.31. The van der Waals surface area contributed by atoms with Crippen LogP contribution in [-0.2, 0) is 6.54 Å². The van der Waals surface area contributed by atoms with Crippen molar-refractivity contribution >= 4 is 11.6 Å². The molecule has 0 amide bonds. The van der Waals surface area contributed by atoms with Crippen molar-refractivity contribution in [3.05, 3.63) is 58.1 Å². The van der Waals surface area contributed by atoms with E-state index in [0.29, 0.717) is 0 Å². The first kappa shape index (κ1) is 13.1. The summed E-state index contributed by atoms with van der Waals surface area (Å²) in [6.07, 6.45) is 0. The van der Waals surface area contributed by atoms with Crippen molar-refractivity contribution in [1.82, 2.24) is 5.32 Å². The van der Waals surface area contributed by atoms with Crippen LogP contribution in [0.3, 0.4) is 0 Å². The van der Waals surface area contributed by atoms with Gasteiger partial charge < -0.3 is 5.32 Å². The standard InChI is InChI=1S/C16H18ClN/c1-11-9-16(17)12(2)8-15(11)14-7-5-4-6-13(14)10-18-3/h4-9,18H,10H2,1-3H3. The van der Waals surface area contributed by atoms with E-state index >= 15 is 0 Å². The number of aryl methyl sites for hydroxylation is 2. The van der Waals surface area contributed by atoms with Crippen LogP contribution < -0.4 is 5.32 Å². The lowest BCUT2D eigenvalue weighted by Crippen LogP contribution is -2.06. The van der Waals surface area contributed by atoms with Gasteiger partial charge in [0.05, 0.1) is 0 Å². The van der Waals surface area contributed by atoms with Crippen molar-refractivity contribution in [3.8, 4) is 11.1 Å². The number of rotatable bonds is 3. The molecule has 1 nitrogen and oxygen atoms in total. The summed E-state index contributed by atoms with van der Waals surface area (Å²) >= 11 is 6.16. The van der Waals surface area contributed by atoms with Crippen LogP contribution >= 0.6 is 11.6 Å². The minimum Gasteiger partial charge on any atom is -0.316 e. The lowest BCUT2D eigenvalue weighted by molar-refractivity contribution is 0.819. The molecule has 1 N–H and O–H groups in total. The molecule has 0 atom stereocenters. The van der Waals surface area contributed by atoms with Crippen molar-refractivity contribution < 1.29 is 0 Å². The summed E-state index contributed by atoms with van der Waals surface area (Å²) in [6.45, 7) is 5.03. The summed E-state index contributed by atoms with van der Waals surface area (Å²) in [5, 5.41) is 4.05. The van der Waals surface area contributed by atoms with Crippen LogP contribution in [0.5, 0.6) is 0 Å². The minimum absolute atomic E-state index is 0.836. The Hall–Kier alpha value is -1.31.